The van der Waals surface area contributed by atoms with Crippen molar-refractivity contribution in [1.82, 2.24) is 5.32 Å². The van der Waals surface area contributed by atoms with E-state index in [-0.39, 0.29) is 24.7 Å². The van der Waals surface area contributed by atoms with E-state index in [4.69, 9.17) is 4.74 Å². The zero-order valence-corrected chi connectivity index (χ0v) is 16.8. The number of alkyl halides is 3. The Morgan fingerprint density at radius 1 is 1.00 bits per heavy atom. The van der Waals surface area contributed by atoms with E-state index < -0.39 is 17.6 Å². The summed E-state index contributed by atoms with van der Waals surface area (Å²) in [5.74, 6) is -0.137. The van der Waals surface area contributed by atoms with Crippen LogP contribution in [0.1, 0.15) is 18.1 Å². The van der Waals surface area contributed by atoms with Gasteiger partial charge in [-0.2, -0.15) is 13.2 Å². The van der Waals surface area contributed by atoms with E-state index in [1.165, 1.54) is 18.2 Å². The van der Waals surface area contributed by atoms with Crippen LogP contribution in [-0.2, 0) is 22.3 Å². The predicted molar refractivity (Wildman–Crippen MR) is 106 cm³/mol. The Morgan fingerprint density at radius 2 is 1.63 bits per heavy atom. The number of nitrogens with one attached hydrogen (secondary N) is 3. The molecule has 0 spiro atoms. The summed E-state index contributed by atoms with van der Waals surface area (Å²) in [4.78, 5) is 25.1. The van der Waals surface area contributed by atoms with Crippen LogP contribution in [0.4, 0.5) is 18.9 Å². The van der Waals surface area contributed by atoms with Gasteiger partial charge in [-0.1, -0.05) is 24.3 Å². The third kappa shape index (κ3) is 7.07. The largest absolute Gasteiger partial charge is 0.497 e. The molecule has 0 saturated carbocycles. The van der Waals surface area contributed by atoms with Gasteiger partial charge in [-0.3, -0.25) is 9.59 Å². The molecule has 1 unspecified atom stereocenters. The van der Waals surface area contributed by atoms with Crippen LogP contribution in [0.3, 0.4) is 0 Å². The molecular weight excluding hydrogens is 399 g/mol. The number of methoxy groups -OCH3 is 1. The molecule has 162 valence electrons. The first-order valence-electron chi connectivity index (χ1n) is 9.42. The number of hydrogen-bond donors (Lipinski definition) is 3. The lowest BCUT2D eigenvalue weighted by Crippen LogP contribution is -3.14. The van der Waals surface area contributed by atoms with Gasteiger partial charge < -0.3 is 20.3 Å². The Bertz CT molecular complexity index is 855. The van der Waals surface area contributed by atoms with Gasteiger partial charge in [0.1, 0.15) is 5.75 Å². The fraction of sp³-hybridized carbons (Fsp3) is 0.333. The van der Waals surface area contributed by atoms with Crippen molar-refractivity contribution in [3.8, 4) is 5.75 Å². The molecule has 0 fully saturated rings. The number of para-hydroxylation sites is 1. The molecule has 30 heavy (non-hydrogen) atoms. The fourth-order valence-corrected chi connectivity index (χ4v) is 2.81. The normalized spacial score (nSPS) is 12.2. The second-order valence-electron chi connectivity index (χ2n) is 6.67. The lowest BCUT2D eigenvalue weighted by molar-refractivity contribution is -0.881. The number of quaternary nitrogens is 1. The van der Waals surface area contributed by atoms with Crippen LogP contribution in [-0.4, -0.2) is 38.6 Å². The summed E-state index contributed by atoms with van der Waals surface area (Å²) in [7, 11) is 1.57. The lowest BCUT2D eigenvalue weighted by Gasteiger charge is -2.18. The highest BCUT2D eigenvalue weighted by molar-refractivity contribution is 5.92. The van der Waals surface area contributed by atoms with Crippen molar-refractivity contribution in [1.29, 1.82) is 0 Å². The van der Waals surface area contributed by atoms with Crippen LogP contribution in [0.25, 0.3) is 0 Å². The molecule has 3 N–H and O–H groups in total. The molecule has 2 rings (SSSR count). The lowest BCUT2D eigenvalue weighted by atomic mass is 10.1. The highest BCUT2D eigenvalue weighted by atomic mass is 19.4. The van der Waals surface area contributed by atoms with Gasteiger partial charge >= 0.3 is 6.18 Å². The van der Waals surface area contributed by atoms with Crippen LogP contribution in [0, 0.1) is 0 Å². The monoisotopic (exact) mass is 424 g/mol. The number of carbonyl (C=O) groups is 2. The predicted octanol–water partition coefficient (Wildman–Crippen LogP) is 1.87. The second-order valence-corrected chi connectivity index (χ2v) is 6.67. The summed E-state index contributed by atoms with van der Waals surface area (Å²) in [6.07, 6.45) is -4.57. The van der Waals surface area contributed by atoms with Crippen molar-refractivity contribution in [2.45, 2.75) is 19.6 Å². The molecule has 9 heteroatoms. The van der Waals surface area contributed by atoms with Crippen LogP contribution < -0.4 is 20.3 Å². The summed E-state index contributed by atoms with van der Waals surface area (Å²) < 4.78 is 44.2. The van der Waals surface area contributed by atoms with Gasteiger partial charge in [-0.05, 0) is 36.8 Å². The molecular formula is C21H25F3N3O3+. The quantitative estimate of drug-likeness (QED) is 0.576. The standard InChI is InChI=1S/C21H24F3N3O3/c1-3-27(13-19(28)25-12-15-8-10-16(30-2)11-9-15)14-20(29)26-18-7-5-4-6-17(18)21(22,23)24/h4-11H,3,12-14H2,1-2H3,(H,25,28)(H,26,29)/p+1. The summed E-state index contributed by atoms with van der Waals surface area (Å²) in [5, 5.41) is 5.07. The van der Waals surface area contributed by atoms with Crippen LogP contribution >= 0.6 is 0 Å². The maximum absolute atomic E-state index is 13.1. The first-order chi connectivity index (χ1) is 14.2. The topological polar surface area (TPSA) is 71.9 Å². The van der Waals surface area contributed by atoms with Gasteiger partial charge in [0.05, 0.1) is 24.9 Å². The molecule has 1 atom stereocenters. The zero-order valence-electron chi connectivity index (χ0n) is 16.8. The molecule has 0 aliphatic rings. The van der Waals surface area contributed by atoms with E-state index in [0.29, 0.717) is 23.7 Å². The van der Waals surface area contributed by atoms with Crippen LogP contribution in [0.5, 0.6) is 5.75 Å². The highest BCUT2D eigenvalue weighted by Gasteiger charge is 2.33. The molecule has 0 bridgehead atoms. The maximum atomic E-state index is 13.1. The first-order valence-corrected chi connectivity index (χ1v) is 9.42. The third-order valence-corrected chi connectivity index (χ3v) is 4.48. The van der Waals surface area contributed by atoms with Gasteiger partial charge in [-0.25, -0.2) is 0 Å². The van der Waals surface area contributed by atoms with E-state index in [2.05, 4.69) is 10.6 Å². The smallest absolute Gasteiger partial charge is 0.418 e. The summed E-state index contributed by atoms with van der Waals surface area (Å²) in [5.41, 5.74) is -0.313. The molecule has 2 aromatic rings. The number of benzene rings is 2. The fourth-order valence-electron chi connectivity index (χ4n) is 2.81. The van der Waals surface area contributed by atoms with Gasteiger partial charge in [-0.15, -0.1) is 0 Å². The number of rotatable bonds is 9. The van der Waals surface area contributed by atoms with Crippen LogP contribution in [0.15, 0.2) is 48.5 Å². The number of ether oxygens (including phenoxy) is 1. The van der Waals surface area contributed by atoms with Gasteiger partial charge in [0.2, 0.25) is 0 Å². The Morgan fingerprint density at radius 3 is 2.23 bits per heavy atom. The molecule has 2 aromatic carbocycles. The Hall–Kier alpha value is -3.07. The second kappa shape index (κ2) is 10.6. The van der Waals surface area contributed by atoms with Crippen molar-refractivity contribution in [3.63, 3.8) is 0 Å². The average Bonchev–Trinajstić information content (AvgIpc) is 2.71. The number of halogens is 3. The minimum atomic E-state index is -4.57. The number of hydrogen-bond acceptors (Lipinski definition) is 3. The molecule has 0 aliphatic carbocycles. The van der Waals surface area contributed by atoms with Crippen molar-refractivity contribution in [2.24, 2.45) is 0 Å². The third-order valence-electron chi connectivity index (χ3n) is 4.48. The van der Waals surface area contributed by atoms with E-state index in [9.17, 15) is 22.8 Å². The van der Waals surface area contributed by atoms with E-state index in [0.717, 1.165) is 11.6 Å². The Kier molecular flexibility index (Phi) is 8.23. The van der Waals surface area contributed by atoms with E-state index in [1.807, 2.05) is 12.1 Å². The van der Waals surface area contributed by atoms with Crippen molar-refractivity contribution >= 4 is 17.5 Å². The van der Waals surface area contributed by atoms with Crippen LogP contribution in [0.2, 0.25) is 0 Å². The molecule has 2 amide bonds. The van der Waals surface area contributed by atoms with Gasteiger partial charge in [0, 0.05) is 6.54 Å². The first kappa shape index (κ1) is 23.2. The minimum absolute atomic E-state index is 0.0288. The SMILES string of the molecule is CC[NH+](CC(=O)NCc1ccc(OC)cc1)CC(=O)Nc1ccccc1C(F)(F)F. The van der Waals surface area contributed by atoms with E-state index in [1.54, 1.807) is 26.2 Å². The number of carbonyl (C=O) groups excluding carboxylic acids is 2. The van der Waals surface area contributed by atoms with Crippen molar-refractivity contribution in [2.75, 3.05) is 32.1 Å². The molecule has 0 aliphatic heterocycles. The molecule has 0 aromatic heterocycles. The molecule has 6 nitrogen and oxygen atoms in total. The Labute approximate surface area is 173 Å². The summed E-state index contributed by atoms with van der Waals surface area (Å²) in [6.45, 7) is 2.48. The molecule has 0 radical (unpaired) electrons. The number of likely N-dealkylation sites (N-methyl/N-ethyl adjacent to an activating group) is 1. The van der Waals surface area contributed by atoms with Crippen molar-refractivity contribution in [3.05, 3.63) is 59.7 Å². The minimum Gasteiger partial charge on any atom is -0.497 e. The summed E-state index contributed by atoms with van der Waals surface area (Å²) >= 11 is 0. The molecule has 0 heterocycles. The van der Waals surface area contributed by atoms with E-state index >= 15 is 0 Å². The average molecular weight is 424 g/mol. The van der Waals surface area contributed by atoms with Gasteiger partial charge in [0.15, 0.2) is 13.1 Å². The highest BCUT2D eigenvalue weighted by Crippen LogP contribution is 2.34. The zero-order chi connectivity index (χ0) is 22.1. The molecule has 0 saturated heterocycles. The van der Waals surface area contributed by atoms with Crippen molar-refractivity contribution < 1.29 is 32.4 Å². The Balaban J connectivity index is 1.87. The maximum Gasteiger partial charge on any atom is 0.418 e. The number of amides is 2. The van der Waals surface area contributed by atoms with Gasteiger partial charge in [0.25, 0.3) is 11.8 Å². The summed E-state index contributed by atoms with van der Waals surface area (Å²) in [6, 6.07) is 12.0. The number of anilines is 1.